The minimum absolute atomic E-state index is 0.846. The Hall–Kier alpha value is -1.28. The molecule has 0 aliphatic carbocycles. The average molecular weight is 290 g/mol. The Labute approximate surface area is 111 Å². The molecule has 17 heavy (non-hydrogen) atoms. The van der Waals surface area contributed by atoms with Crippen LogP contribution in [0.15, 0.2) is 53.0 Å². The topological polar surface area (TPSA) is 12.0 Å². The van der Waals surface area contributed by atoms with E-state index in [0.29, 0.717) is 0 Å². The molecule has 0 spiro atoms. The molecule has 1 nitrogen and oxygen atoms in total. The number of rotatable bonds is 4. The van der Waals surface area contributed by atoms with Crippen molar-refractivity contribution in [1.29, 1.82) is 0 Å². The lowest BCUT2D eigenvalue weighted by atomic mass is 10.1. The van der Waals surface area contributed by atoms with Gasteiger partial charge in [0.1, 0.15) is 0 Å². The van der Waals surface area contributed by atoms with Crippen molar-refractivity contribution in [1.82, 2.24) is 0 Å². The Balaban J connectivity index is 2.10. The monoisotopic (exact) mass is 289 g/mol. The highest BCUT2D eigenvalue weighted by molar-refractivity contribution is 9.10. The van der Waals surface area contributed by atoms with Crippen molar-refractivity contribution >= 4 is 21.6 Å². The van der Waals surface area contributed by atoms with Gasteiger partial charge in [0.05, 0.1) is 0 Å². The van der Waals surface area contributed by atoms with Crippen LogP contribution in [0.4, 0.5) is 5.69 Å². The van der Waals surface area contributed by atoms with Gasteiger partial charge in [0.25, 0.3) is 0 Å². The first kappa shape index (κ1) is 12.2. The van der Waals surface area contributed by atoms with Gasteiger partial charge in [0.2, 0.25) is 0 Å². The van der Waals surface area contributed by atoms with Crippen molar-refractivity contribution in [3.63, 3.8) is 0 Å². The Bertz CT molecular complexity index is 494. The van der Waals surface area contributed by atoms with Crippen LogP contribution in [0.2, 0.25) is 0 Å². The van der Waals surface area contributed by atoms with Crippen LogP contribution in [0.1, 0.15) is 18.1 Å². The van der Waals surface area contributed by atoms with E-state index in [1.807, 2.05) is 6.07 Å². The predicted octanol–water partition coefficient (Wildman–Crippen LogP) is 4.62. The predicted molar refractivity (Wildman–Crippen MR) is 77.3 cm³/mol. The van der Waals surface area contributed by atoms with Crippen molar-refractivity contribution < 1.29 is 0 Å². The van der Waals surface area contributed by atoms with Gasteiger partial charge in [0, 0.05) is 16.7 Å². The normalized spacial score (nSPS) is 10.2. The molecule has 0 bridgehead atoms. The second kappa shape index (κ2) is 5.87. The van der Waals surface area contributed by atoms with E-state index in [1.165, 1.54) is 16.8 Å². The summed E-state index contributed by atoms with van der Waals surface area (Å²) < 4.78 is 1.15. The molecule has 2 rings (SSSR count). The summed E-state index contributed by atoms with van der Waals surface area (Å²) in [4.78, 5) is 0. The van der Waals surface area contributed by atoms with Gasteiger partial charge >= 0.3 is 0 Å². The quantitative estimate of drug-likeness (QED) is 0.866. The molecule has 2 heteroatoms. The molecule has 0 heterocycles. The van der Waals surface area contributed by atoms with E-state index in [0.717, 1.165) is 17.4 Å². The average Bonchev–Trinajstić information content (AvgIpc) is 2.38. The van der Waals surface area contributed by atoms with Crippen LogP contribution < -0.4 is 5.32 Å². The van der Waals surface area contributed by atoms with Crippen molar-refractivity contribution in [2.45, 2.75) is 19.9 Å². The largest absolute Gasteiger partial charge is 0.381 e. The number of halogens is 1. The van der Waals surface area contributed by atoms with Gasteiger partial charge < -0.3 is 5.32 Å². The van der Waals surface area contributed by atoms with Crippen LogP contribution in [-0.4, -0.2) is 0 Å². The van der Waals surface area contributed by atoms with Crippen molar-refractivity contribution in [3.05, 3.63) is 64.1 Å². The van der Waals surface area contributed by atoms with E-state index in [-0.39, 0.29) is 0 Å². The van der Waals surface area contributed by atoms with Gasteiger partial charge in [-0.2, -0.15) is 0 Å². The number of aryl methyl sites for hydroxylation is 1. The summed E-state index contributed by atoms with van der Waals surface area (Å²) in [6, 6.07) is 16.8. The Kier molecular flexibility index (Phi) is 4.21. The zero-order chi connectivity index (χ0) is 12.1. The van der Waals surface area contributed by atoms with Gasteiger partial charge in [0.15, 0.2) is 0 Å². The first-order chi connectivity index (χ1) is 8.31. The van der Waals surface area contributed by atoms with E-state index < -0.39 is 0 Å². The summed E-state index contributed by atoms with van der Waals surface area (Å²) in [6.07, 6.45) is 1.05. The molecular formula is C15H16BrN. The van der Waals surface area contributed by atoms with Crippen LogP contribution in [0, 0.1) is 0 Å². The smallest absolute Gasteiger partial charge is 0.0412 e. The van der Waals surface area contributed by atoms with Gasteiger partial charge in [-0.3, -0.25) is 0 Å². The second-order valence-electron chi connectivity index (χ2n) is 3.96. The summed E-state index contributed by atoms with van der Waals surface area (Å²) in [5.41, 5.74) is 3.86. The summed E-state index contributed by atoms with van der Waals surface area (Å²) in [5.74, 6) is 0. The Morgan fingerprint density at radius 1 is 0.941 bits per heavy atom. The van der Waals surface area contributed by atoms with Gasteiger partial charge in [-0.05, 0) is 29.7 Å². The number of para-hydroxylation sites is 1. The molecule has 88 valence electrons. The molecule has 0 amide bonds. The SMILES string of the molecule is CCc1ccccc1NCc1ccccc1Br. The maximum absolute atomic E-state index is 3.57. The van der Waals surface area contributed by atoms with Gasteiger partial charge in [-0.15, -0.1) is 0 Å². The fourth-order valence-corrected chi connectivity index (χ4v) is 2.26. The second-order valence-corrected chi connectivity index (χ2v) is 4.81. The molecule has 0 fully saturated rings. The zero-order valence-electron chi connectivity index (χ0n) is 9.91. The molecule has 0 saturated carbocycles. The molecule has 0 saturated heterocycles. The van der Waals surface area contributed by atoms with E-state index >= 15 is 0 Å². The maximum Gasteiger partial charge on any atom is 0.0412 e. The summed E-state index contributed by atoms with van der Waals surface area (Å²) in [6.45, 7) is 3.03. The maximum atomic E-state index is 3.57. The Morgan fingerprint density at radius 3 is 2.29 bits per heavy atom. The van der Waals surface area contributed by atoms with Crippen LogP contribution in [0.25, 0.3) is 0 Å². The molecule has 0 aliphatic rings. The highest BCUT2D eigenvalue weighted by Crippen LogP contribution is 2.20. The van der Waals surface area contributed by atoms with E-state index in [9.17, 15) is 0 Å². The number of anilines is 1. The standard InChI is InChI=1S/C15H16BrN/c1-2-12-7-4-6-10-15(12)17-11-13-8-3-5-9-14(13)16/h3-10,17H,2,11H2,1H3. The highest BCUT2D eigenvalue weighted by Gasteiger charge is 2.01. The third kappa shape index (κ3) is 3.10. The van der Waals surface area contributed by atoms with Gasteiger partial charge in [-0.25, -0.2) is 0 Å². The number of nitrogens with one attached hydrogen (secondary N) is 1. The van der Waals surface area contributed by atoms with Crippen molar-refractivity contribution in [2.75, 3.05) is 5.32 Å². The zero-order valence-corrected chi connectivity index (χ0v) is 11.5. The lowest BCUT2D eigenvalue weighted by Gasteiger charge is -2.11. The molecule has 0 aliphatic heterocycles. The Morgan fingerprint density at radius 2 is 1.59 bits per heavy atom. The molecule has 0 unspecified atom stereocenters. The molecule has 2 aromatic rings. The number of hydrogen-bond donors (Lipinski definition) is 1. The van der Waals surface area contributed by atoms with Crippen LogP contribution >= 0.6 is 15.9 Å². The minimum atomic E-state index is 0.846. The minimum Gasteiger partial charge on any atom is -0.381 e. The van der Waals surface area contributed by atoms with Crippen LogP contribution in [-0.2, 0) is 13.0 Å². The number of benzene rings is 2. The summed E-state index contributed by atoms with van der Waals surface area (Å²) in [7, 11) is 0. The molecule has 0 atom stereocenters. The molecule has 0 aromatic heterocycles. The lowest BCUT2D eigenvalue weighted by Crippen LogP contribution is -2.02. The number of hydrogen-bond acceptors (Lipinski definition) is 1. The fraction of sp³-hybridized carbons (Fsp3) is 0.200. The third-order valence-electron chi connectivity index (χ3n) is 2.83. The van der Waals surface area contributed by atoms with Crippen LogP contribution in [0.3, 0.4) is 0 Å². The highest BCUT2D eigenvalue weighted by atomic mass is 79.9. The summed E-state index contributed by atoms with van der Waals surface area (Å²) in [5, 5.41) is 3.49. The third-order valence-corrected chi connectivity index (χ3v) is 3.60. The van der Waals surface area contributed by atoms with Gasteiger partial charge in [-0.1, -0.05) is 59.3 Å². The first-order valence-electron chi connectivity index (χ1n) is 5.86. The lowest BCUT2D eigenvalue weighted by molar-refractivity contribution is 1.09. The molecule has 0 radical (unpaired) electrons. The molecule has 2 aromatic carbocycles. The van der Waals surface area contributed by atoms with Crippen molar-refractivity contribution in [2.24, 2.45) is 0 Å². The summed E-state index contributed by atoms with van der Waals surface area (Å²) >= 11 is 3.57. The van der Waals surface area contributed by atoms with E-state index in [4.69, 9.17) is 0 Å². The van der Waals surface area contributed by atoms with E-state index in [1.54, 1.807) is 0 Å². The first-order valence-corrected chi connectivity index (χ1v) is 6.65. The molecule has 1 N–H and O–H groups in total. The molecular weight excluding hydrogens is 274 g/mol. The van der Waals surface area contributed by atoms with Crippen LogP contribution in [0.5, 0.6) is 0 Å². The van der Waals surface area contributed by atoms with Crippen molar-refractivity contribution in [3.8, 4) is 0 Å². The fourth-order valence-electron chi connectivity index (χ4n) is 1.83. The van der Waals surface area contributed by atoms with E-state index in [2.05, 4.69) is 70.6 Å².